The Bertz CT molecular complexity index is 794. The molecule has 4 nitrogen and oxygen atoms in total. The molecule has 1 aliphatic carbocycles. The fraction of sp³-hybridized carbons (Fsp3) is 0.263. The van der Waals surface area contributed by atoms with Gasteiger partial charge in [-0.1, -0.05) is 36.4 Å². The van der Waals surface area contributed by atoms with Crippen LogP contribution < -0.4 is 0 Å². The van der Waals surface area contributed by atoms with E-state index in [4.69, 9.17) is 4.74 Å². The minimum atomic E-state index is -0.633. The van der Waals surface area contributed by atoms with Gasteiger partial charge in [0, 0.05) is 19.5 Å². The van der Waals surface area contributed by atoms with Gasteiger partial charge >= 0.3 is 5.97 Å². The highest BCUT2D eigenvalue weighted by Crippen LogP contribution is 2.49. The molecule has 0 bridgehead atoms. The molecule has 2 aliphatic rings. The van der Waals surface area contributed by atoms with Gasteiger partial charge in [0.15, 0.2) is 0 Å². The van der Waals surface area contributed by atoms with Gasteiger partial charge in [0.2, 0.25) is 0 Å². The van der Waals surface area contributed by atoms with E-state index in [1.165, 1.54) is 6.92 Å². The average molecular weight is 435 g/mol. The van der Waals surface area contributed by atoms with E-state index in [2.05, 4.69) is 22.6 Å². The first-order chi connectivity index (χ1) is 11.4. The van der Waals surface area contributed by atoms with Gasteiger partial charge < -0.3 is 9.64 Å². The Hall–Kier alpha value is -1.89. The van der Waals surface area contributed by atoms with E-state index in [9.17, 15) is 9.59 Å². The van der Waals surface area contributed by atoms with Crippen molar-refractivity contribution in [2.45, 2.75) is 25.5 Å². The topological polar surface area (TPSA) is 46.6 Å². The smallest absolute Gasteiger partial charge is 0.303 e. The second-order valence-electron chi connectivity index (χ2n) is 5.97. The number of ether oxygens (including phenoxy) is 1. The lowest BCUT2D eigenvalue weighted by atomic mass is 9.77. The molecule has 1 aromatic carbocycles. The third-order valence-corrected chi connectivity index (χ3v) is 5.53. The number of hydrogen-bond acceptors (Lipinski definition) is 3. The van der Waals surface area contributed by atoms with Crippen molar-refractivity contribution in [2.24, 2.45) is 0 Å². The minimum absolute atomic E-state index is 0.00205. The van der Waals surface area contributed by atoms with Gasteiger partial charge in [0.25, 0.3) is 5.91 Å². The average Bonchev–Trinajstić information content (AvgIpc) is 2.74. The van der Waals surface area contributed by atoms with Crippen LogP contribution in [0, 0.1) is 0 Å². The van der Waals surface area contributed by atoms with Crippen molar-refractivity contribution in [1.82, 2.24) is 4.90 Å². The van der Waals surface area contributed by atoms with Crippen LogP contribution in [0.15, 0.2) is 57.7 Å². The molecule has 5 heteroatoms. The molecule has 3 rings (SSSR count). The van der Waals surface area contributed by atoms with Crippen molar-refractivity contribution in [3.8, 4) is 0 Å². The van der Waals surface area contributed by atoms with Crippen LogP contribution in [0.3, 0.4) is 0 Å². The Labute approximate surface area is 155 Å². The lowest BCUT2D eigenvalue weighted by Crippen LogP contribution is -2.46. The number of esters is 1. The Morgan fingerprint density at radius 3 is 2.54 bits per heavy atom. The van der Waals surface area contributed by atoms with Crippen molar-refractivity contribution in [1.29, 1.82) is 0 Å². The van der Waals surface area contributed by atoms with Gasteiger partial charge in [-0.15, -0.1) is 0 Å². The first kappa shape index (κ1) is 17.0. The zero-order valence-electron chi connectivity index (χ0n) is 13.7. The molecule has 0 N–H and O–H groups in total. The molecular weight excluding hydrogens is 417 g/mol. The molecule has 0 fully saturated rings. The largest absolute Gasteiger partial charge is 0.454 e. The van der Waals surface area contributed by atoms with E-state index in [1.807, 2.05) is 62.5 Å². The molecule has 1 aromatic rings. The maximum absolute atomic E-state index is 12.7. The molecule has 0 saturated carbocycles. The molecule has 2 unspecified atom stereocenters. The highest BCUT2D eigenvalue weighted by atomic mass is 127. The zero-order valence-corrected chi connectivity index (χ0v) is 15.9. The Morgan fingerprint density at radius 2 is 1.96 bits per heavy atom. The third kappa shape index (κ3) is 2.51. The number of rotatable bonds is 2. The first-order valence-electron chi connectivity index (χ1n) is 7.67. The molecular formula is C19H18INO3. The summed E-state index contributed by atoms with van der Waals surface area (Å²) in [6.45, 7) is 3.37. The number of nitrogens with zero attached hydrogens (tertiary/aromatic N) is 1. The molecule has 124 valence electrons. The summed E-state index contributed by atoms with van der Waals surface area (Å²) in [5, 5.41) is 0. The molecule has 2 atom stereocenters. The number of carbonyl (C=O) groups is 2. The second-order valence-corrected chi connectivity index (χ2v) is 7.05. The van der Waals surface area contributed by atoms with Crippen LogP contribution in [0.5, 0.6) is 0 Å². The molecule has 0 saturated heterocycles. The lowest BCUT2D eigenvalue weighted by molar-refractivity contribution is -0.142. The van der Waals surface area contributed by atoms with Crippen molar-refractivity contribution in [2.75, 3.05) is 7.05 Å². The second kappa shape index (κ2) is 6.20. The summed E-state index contributed by atoms with van der Waals surface area (Å²) in [4.78, 5) is 25.7. The molecule has 1 amide bonds. The summed E-state index contributed by atoms with van der Waals surface area (Å²) in [7, 11) is 1.81. The summed E-state index contributed by atoms with van der Waals surface area (Å²) in [6.07, 6.45) is 5.33. The molecule has 1 spiro atoms. The molecule has 24 heavy (non-hydrogen) atoms. The van der Waals surface area contributed by atoms with Crippen LogP contribution >= 0.6 is 22.6 Å². The predicted molar refractivity (Wildman–Crippen MR) is 101 cm³/mol. The van der Waals surface area contributed by atoms with Crippen molar-refractivity contribution in [3.63, 3.8) is 0 Å². The van der Waals surface area contributed by atoms with Gasteiger partial charge in [0.05, 0.1) is 3.58 Å². The van der Waals surface area contributed by atoms with Crippen LogP contribution in [-0.4, -0.2) is 35.5 Å². The Balaban J connectivity index is 2.13. The maximum atomic E-state index is 12.7. The molecule has 1 aliphatic heterocycles. The highest BCUT2D eigenvalue weighted by Gasteiger charge is 2.50. The van der Waals surface area contributed by atoms with Crippen LogP contribution in [0.1, 0.15) is 19.4 Å². The summed E-state index contributed by atoms with van der Waals surface area (Å²) in [5.41, 5.74) is 2.33. The van der Waals surface area contributed by atoms with Crippen molar-refractivity contribution in [3.05, 3.63) is 63.3 Å². The number of halogens is 1. The number of benzene rings is 1. The van der Waals surface area contributed by atoms with Gasteiger partial charge in [-0.3, -0.25) is 9.59 Å². The Morgan fingerprint density at radius 1 is 1.29 bits per heavy atom. The van der Waals surface area contributed by atoms with E-state index in [0.29, 0.717) is 3.58 Å². The van der Waals surface area contributed by atoms with Crippen LogP contribution in [0.4, 0.5) is 0 Å². The number of likely N-dealkylation sites (N-methyl/N-ethyl adjacent to an activating group) is 1. The van der Waals surface area contributed by atoms with Gasteiger partial charge in [-0.05, 0) is 52.8 Å². The number of amides is 1. The monoisotopic (exact) mass is 435 g/mol. The van der Waals surface area contributed by atoms with E-state index < -0.39 is 11.6 Å². The SMILES string of the molecule is CC(=O)OC1C=CC2(C(C)=C1)C(c1ccccc1)=C(I)C(=O)N2C. The van der Waals surface area contributed by atoms with E-state index >= 15 is 0 Å². The number of hydrogen-bond donors (Lipinski definition) is 0. The summed E-state index contributed by atoms with van der Waals surface area (Å²) >= 11 is 2.13. The van der Waals surface area contributed by atoms with Crippen LogP contribution in [0.2, 0.25) is 0 Å². The fourth-order valence-corrected chi connectivity index (χ4v) is 4.50. The zero-order chi connectivity index (χ0) is 17.5. The highest BCUT2D eigenvalue weighted by molar-refractivity contribution is 14.1. The summed E-state index contributed by atoms with van der Waals surface area (Å²) in [6, 6.07) is 9.93. The van der Waals surface area contributed by atoms with E-state index in [1.54, 1.807) is 4.90 Å². The van der Waals surface area contributed by atoms with Crippen molar-refractivity contribution < 1.29 is 14.3 Å². The normalized spacial score (nSPS) is 26.2. The van der Waals surface area contributed by atoms with Crippen LogP contribution in [0.25, 0.3) is 5.57 Å². The van der Waals surface area contributed by atoms with E-state index in [0.717, 1.165) is 16.7 Å². The Kier molecular flexibility index (Phi) is 4.38. The van der Waals surface area contributed by atoms with Crippen LogP contribution in [-0.2, 0) is 14.3 Å². The summed E-state index contributed by atoms with van der Waals surface area (Å²) < 4.78 is 5.98. The quantitative estimate of drug-likeness (QED) is 0.406. The number of carbonyl (C=O) groups excluding carboxylic acids is 2. The van der Waals surface area contributed by atoms with Gasteiger partial charge in [0.1, 0.15) is 11.6 Å². The standard InChI is InChI=1S/C19H18INO3/c1-12-11-15(24-13(2)22)9-10-19(12)16(14-7-5-4-6-8-14)17(20)18(23)21(19)3/h4-11,15H,1-3H3. The fourth-order valence-electron chi connectivity index (χ4n) is 3.42. The first-order valence-corrected chi connectivity index (χ1v) is 8.75. The van der Waals surface area contributed by atoms with Gasteiger partial charge in [-0.2, -0.15) is 0 Å². The predicted octanol–water partition coefficient (Wildman–Crippen LogP) is 3.49. The summed E-state index contributed by atoms with van der Waals surface area (Å²) in [5.74, 6) is -0.327. The molecule has 1 heterocycles. The van der Waals surface area contributed by atoms with Crippen molar-refractivity contribution >= 4 is 40.0 Å². The molecule has 0 radical (unpaired) electrons. The van der Waals surface area contributed by atoms with E-state index in [-0.39, 0.29) is 11.9 Å². The maximum Gasteiger partial charge on any atom is 0.303 e. The van der Waals surface area contributed by atoms with Gasteiger partial charge in [-0.25, -0.2) is 0 Å². The third-order valence-electron chi connectivity index (χ3n) is 4.53. The minimum Gasteiger partial charge on any atom is -0.454 e. The lowest BCUT2D eigenvalue weighted by Gasteiger charge is -2.40. The molecule has 0 aromatic heterocycles.